The van der Waals surface area contributed by atoms with Crippen molar-refractivity contribution < 1.29 is 5.11 Å². The van der Waals surface area contributed by atoms with Crippen LogP contribution < -0.4 is 5.32 Å². The second kappa shape index (κ2) is 5.80. The Bertz CT molecular complexity index is 425. The molecule has 84 valence electrons. The topological polar surface area (TPSA) is 32.3 Å². The van der Waals surface area contributed by atoms with Crippen LogP contribution in [0.5, 0.6) is 0 Å². The predicted octanol–water partition coefficient (Wildman–Crippen LogP) is 2.53. The number of thiophene rings is 1. The second-order valence-corrected chi connectivity index (χ2v) is 4.49. The van der Waals surface area contributed by atoms with Crippen molar-refractivity contribution >= 4 is 11.3 Å². The van der Waals surface area contributed by atoms with E-state index in [2.05, 4.69) is 28.2 Å². The Morgan fingerprint density at radius 3 is 2.62 bits per heavy atom. The molecule has 1 aromatic carbocycles. The van der Waals surface area contributed by atoms with Crippen molar-refractivity contribution in [2.45, 2.75) is 19.7 Å². The van der Waals surface area contributed by atoms with Crippen LogP contribution in [0.4, 0.5) is 0 Å². The minimum Gasteiger partial charge on any atom is -0.392 e. The van der Waals surface area contributed by atoms with Crippen LogP contribution in [0, 0.1) is 0 Å². The lowest BCUT2D eigenvalue weighted by Gasteiger charge is -2.05. The molecule has 0 aliphatic heterocycles. The number of aliphatic hydroxyl groups excluding tert-OH is 1. The maximum Gasteiger partial charge on any atom is 0.0681 e. The molecule has 0 saturated carbocycles. The lowest BCUT2D eigenvalue weighted by molar-refractivity contribution is 0.281. The third kappa shape index (κ3) is 3.17. The largest absolute Gasteiger partial charge is 0.392 e. The molecule has 0 bridgehead atoms. The molecule has 0 atom stereocenters. The van der Waals surface area contributed by atoms with E-state index in [4.69, 9.17) is 5.11 Å². The van der Waals surface area contributed by atoms with Crippen LogP contribution in [0.2, 0.25) is 0 Å². The Morgan fingerprint density at radius 1 is 1.06 bits per heavy atom. The van der Waals surface area contributed by atoms with Gasteiger partial charge in [0.15, 0.2) is 0 Å². The Labute approximate surface area is 99.6 Å². The van der Waals surface area contributed by atoms with E-state index in [0.29, 0.717) is 0 Å². The first kappa shape index (κ1) is 11.3. The van der Waals surface area contributed by atoms with E-state index < -0.39 is 0 Å². The summed E-state index contributed by atoms with van der Waals surface area (Å²) in [6.07, 6.45) is 0. The zero-order valence-corrected chi connectivity index (χ0v) is 9.83. The van der Waals surface area contributed by atoms with Gasteiger partial charge in [-0.05, 0) is 33.5 Å². The molecule has 0 radical (unpaired) electrons. The Hall–Kier alpha value is -1.16. The summed E-state index contributed by atoms with van der Waals surface area (Å²) in [5.41, 5.74) is 3.50. The molecule has 0 amide bonds. The Morgan fingerprint density at radius 2 is 1.88 bits per heavy atom. The van der Waals surface area contributed by atoms with Gasteiger partial charge in [0.05, 0.1) is 6.61 Å². The molecule has 0 aliphatic carbocycles. The summed E-state index contributed by atoms with van der Waals surface area (Å²) in [4.78, 5) is 0. The van der Waals surface area contributed by atoms with Crippen molar-refractivity contribution in [3.8, 4) is 0 Å². The van der Waals surface area contributed by atoms with Gasteiger partial charge in [-0.15, -0.1) is 0 Å². The molecule has 1 aromatic heterocycles. The van der Waals surface area contributed by atoms with E-state index in [1.807, 2.05) is 18.2 Å². The van der Waals surface area contributed by atoms with Crippen molar-refractivity contribution in [2.75, 3.05) is 0 Å². The Kier molecular flexibility index (Phi) is 4.10. The number of rotatable bonds is 5. The molecule has 0 fully saturated rings. The summed E-state index contributed by atoms with van der Waals surface area (Å²) in [5, 5.41) is 16.6. The highest BCUT2D eigenvalue weighted by Gasteiger charge is 1.96. The summed E-state index contributed by atoms with van der Waals surface area (Å²) in [5.74, 6) is 0. The van der Waals surface area contributed by atoms with Gasteiger partial charge in [-0.2, -0.15) is 11.3 Å². The predicted molar refractivity (Wildman–Crippen MR) is 67.2 cm³/mol. The van der Waals surface area contributed by atoms with Gasteiger partial charge in [-0.1, -0.05) is 24.3 Å². The monoisotopic (exact) mass is 233 g/mol. The minimum atomic E-state index is 0.109. The summed E-state index contributed by atoms with van der Waals surface area (Å²) in [6, 6.07) is 10.1. The van der Waals surface area contributed by atoms with Gasteiger partial charge < -0.3 is 10.4 Å². The fourth-order valence-electron chi connectivity index (χ4n) is 1.58. The maximum absolute atomic E-state index is 9.02. The first-order valence-electron chi connectivity index (χ1n) is 5.29. The van der Waals surface area contributed by atoms with E-state index >= 15 is 0 Å². The van der Waals surface area contributed by atoms with E-state index in [1.54, 1.807) is 11.3 Å². The van der Waals surface area contributed by atoms with Crippen LogP contribution >= 0.6 is 11.3 Å². The highest BCUT2D eigenvalue weighted by molar-refractivity contribution is 7.07. The summed E-state index contributed by atoms with van der Waals surface area (Å²) < 4.78 is 0. The zero-order valence-electron chi connectivity index (χ0n) is 9.02. The first-order valence-corrected chi connectivity index (χ1v) is 6.23. The molecular formula is C13H15NOS. The molecule has 0 aliphatic rings. The molecule has 2 nitrogen and oxygen atoms in total. The molecule has 0 spiro atoms. The van der Waals surface area contributed by atoms with E-state index in [1.165, 1.54) is 11.1 Å². The smallest absolute Gasteiger partial charge is 0.0681 e. The minimum absolute atomic E-state index is 0.109. The van der Waals surface area contributed by atoms with Crippen LogP contribution in [0.1, 0.15) is 16.7 Å². The van der Waals surface area contributed by atoms with Gasteiger partial charge >= 0.3 is 0 Å². The van der Waals surface area contributed by atoms with Gasteiger partial charge in [0.1, 0.15) is 0 Å². The van der Waals surface area contributed by atoms with E-state index in [-0.39, 0.29) is 6.61 Å². The van der Waals surface area contributed by atoms with Crippen molar-refractivity contribution in [2.24, 2.45) is 0 Å². The summed E-state index contributed by atoms with van der Waals surface area (Å²) >= 11 is 1.72. The third-order valence-corrected chi connectivity index (χ3v) is 3.14. The van der Waals surface area contributed by atoms with Crippen LogP contribution in [0.25, 0.3) is 0 Å². The Balaban J connectivity index is 1.85. The number of benzene rings is 1. The average molecular weight is 233 g/mol. The van der Waals surface area contributed by atoms with Crippen LogP contribution in [0.15, 0.2) is 41.1 Å². The second-order valence-electron chi connectivity index (χ2n) is 3.71. The van der Waals surface area contributed by atoms with Crippen LogP contribution in [-0.2, 0) is 19.7 Å². The molecule has 3 heteroatoms. The zero-order chi connectivity index (χ0) is 11.2. The summed E-state index contributed by atoms with van der Waals surface area (Å²) in [7, 11) is 0. The molecule has 2 N–H and O–H groups in total. The quantitative estimate of drug-likeness (QED) is 0.831. The maximum atomic E-state index is 9.02. The normalized spacial score (nSPS) is 10.6. The standard InChI is InChI=1S/C13H15NOS/c15-9-12-3-1-2-11(6-12)7-14-8-13-4-5-16-10-13/h1-6,10,14-15H,7-9H2. The van der Waals surface area contributed by atoms with Gasteiger partial charge in [0, 0.05) is 13.1 Å². The van der Waals surface area contributed by atoms with Gasteiger partial charge in [0.2, 0.25) is 0 Å². The molecule has 0 saturated heterocycles. The fourth-order valence-corrected chi connectivity index (χ4v) is 2.25. The van der Waals surface area contributed by atoms with Crippen molar-refractivity contribution in [3.63, 3.8) is 0 Å². The molecule has 16 heavy (non-hydrogen) atoms. The number of hydrogen-bond acceptors (Lipinski definition) is 3. The van der Waals surface area contributed by atoms with Gasteiger partial charge in [0.25, 0.3) is 0 Å². The van der Waals surface area contributed by atoms with Crippen molar-refractivity contribution in [3.05, 3.63) is 57.8 Å². The number of nitrogens with one attached hydrogen (secondary N) is 1. The SMILES string of the molecule is OCc1cccc(CNCc2ccsc2)c1. The highest BCUT2D eigenvalue weighted by atomic mass is 32.1. The van der Waals surface area contributed by atoms with E-state index in [0.717, 1.165) is 18.7 Å². The lowest BCUT2D eigenvalue weighted by Crippen LogP contribution is -2.12. The molecule has 2 aromatic rings. The summed E-state index contributed by atoms with van der Waals surface area (Å²) in [6.45, 7) is 1.84. The molecule has 1 heterocycles. The average Bonchev–Trinajstić information content (AvgIpc) is 2.82. The molecule has 2 rings (SSSR count). The number of hydrogen-bond donors (Lipinski definition) is 2. The fraction of sp³-hybridized carbons (Fsp3) is 0.231. The third-order valence-electron chi connectivity index (χ3n) is 2.41. The number of aliphatic hydroxyl groups is 1. The van der Waals surface area contributed by atoms with Crippen LogP contribution in [0.3, 0.4) is 0 Å². The van der Waals surface area contributed by atoms with Gasteiger partial charge in [-0.25, -0.2) is 0 Å². The van der Waals surface area contributed by atoms with Crippen molar-refractivity contribution in [1.29, 1.82) is 0 Å². The lowest BCUT2D eigenvalue weighted by atomic mass is 10.1. The molecular weight excluding hydrogens is 218 g/mol. The first-order chi connectivity index (χ1) is 7.88. The van der Waals surface area contributed by atoms with Crippen molar-refractivity contribution in [1.82, 2.24) is 5.32 Å². The van der Waals surface area contributed by atoms with Gasteiger partial charge in [-0.3, -0.25) is 0 Å². The van der Waals surface area contributed by atoms with Crippen LogP contribution in [-0.4, -0.2) is 5.11 Å². The van der Waals surface area contributed by atoms with E-state index in [9.17, 15) is 0 Å². The highest BCUT2D eigenvalue weighted by Crippen LogP contribution is 2.07. The molecule has 0 unspecified atom stereocenters.